The second kappa shape index (κ2) is 7.07. The summed E-state index contributed by atoms with van der Waals surface area (Å²) < 4.78 is 40.8. The molecule has 25 heavy (non-hydrogen) atoms. The Morgan fingerprint density at radius 3 is 2.36 bits per heavy atom. The minimum absolute atomic E-state index is 0.262. The summed E-state index contributed by atoms with van der Waals surface area (Å²) in [6.07, 6.45) is -0.291. The minimum atomic E-state index is -4.72. The van der Waals surface area contributed by atoms with Gasteiger partial charge in [-0.25, -0.2) is 9.97 Å². The molecule has 2 aromatic rings. The molecule has 8 heteroatoms. The molecule has 4 nitrogen and oxygen atoms in total. The average molecular weight is 372 g/mol. The van der Waals surface area contributed by atoms with Gasteiger partial charge in [0.15, 0.2) is 0 Å². The lowest BCUT2D eigenvalue weighted by Crippen LogP contribution is -2.17. The maximum atomic E-state index is 12.3. The summed E-state index contributed by atoms with van der Waals surface area (Å²) in [6, 6.07) is 5.84. The van der Waals surface area contributed by atoms with Gasteiger partial charge in [0.2, 0.25) is 0 Å². The highest BCUT2D eigenvalue weighted by atomic mass is 35.5. The van der Waals surface area contributed by atoms with Crippen molar-refractivity contribution in [2.75, 3.05) is 5.32 Å². The molecule has 0 amide bonds. The van der Waals surface area contributed by atoms with E-state index >= 15 is 0 Å². The van der Waals surface area contributed by atoms with Crippen molar-refractivity contribution in [2.45, 2.75) is 45.0 Å². The molecule has 1 saturated carbocycles. The van der Waals surface area contributed by atoms with Gasteiger partial charge in [0.25, 0.3) is 0 Å². The molecule has 0 aliphatic heterocycles. The number of halogens is 4. The van der Waals surface area contributed by atoms with E-state index in [1.54, 1.807) is 6.92 Å². The first-order valence-corrected chi connectivity index (χ1v) is 8.36. The summed E-state index contributed by atoms with van der Waals surface area (Å²) in [5, 5.41) is 3.66. The average Bonchev–Trinajstić information content (AvgIpc) is 2.99. The van der Waals surface area contributed by atoms with E-state index in [0.717, 1.165) is 25.7 Å². The first-order valence-electron chi connectivity index (χ1n) is 7.99. The fraction of sp³-hybridized carbons (Fsp3) is 0.412. The number of aryl methyl sites for hydroxylation is 1. The van der Waals surface area contributed by atoms with Gasteiger partial charge in [0.1, 0.15) is 22.5 Å². The molecule has 0 spiro atoms. The summed E-state index contributed by atoms with van der Waals surface area (Å²) in [7, 11) is 0. The Labute approximate surface area is 148 Å². The molecule has 0 saturated heterocycles. The molecule has 1 aliphatic rings. The van der Waals surface area contributed by atoms with E-state index in [9.17, 15) is 13.2 Å². The third-order valence-corrected chi connectivity index (χ3v) is 4.32. The maximum Gasteiger partial charge on any atom is 0.573 e. The van der Waals surface area contributed by atoms with Crippen LogP contribution in [0.1, 0.15) is 31.5 Å². The van der Waals surface area contributed by atoms with Crippen molar-refractivity contribution in [3.05, 3.63) is 35.2 Å². The van der Waals surface area contributed by atoms with Gasteiger partial charge in [-0.1, -0.05) is 36.6 Å². The summed E-state index contributed by atoms with van der Waals surface area (Å²) in [5.74, 6) is 0.853. The van der Waals surface area contributed by atoms with Gasteiger partial charge in [-0.15, -0.1) is 13.2 Å². The van der Waals surface area contributed by atoms with E-state index in [4.69, 9.17) is 11.6 Å². The Hall–Kier alpha value is -2.02. The molecule has 0 atom stereocenters. The smallest absolute Gasteiger partial charge is 0.406 e. The summed E-state index contributed by atoms with van der Waals surface area (Å²) in [6.45, 7) is 1.75. The fourth-order valence-electron chi connectivity index (χ4n) is 2.99. The molecule has 1 N–H and O–H groups in total. The van der Waals surface area contributed by atoms with Gasteiger partial charge in [-0.2, -0.15) is 0 Å². The number of nitrogens with zero attached hydrogens (tertiary/aromatic N) is 2. The normalized spacial score (nSPS) is 15.4. The Morgan fingerprint density at radius 2 is 1.76 bits per heavy atom. The molecule has 1 aromatic carbocycles. The third-order valence-electron chi connectivity index (χ3n) is 4.05. The zero-order valence-corrected chi connectivity index (χ0v) is 14.3. The lowest BCUT2D eigenvalue weighted by Gasteiger charge is -2.18. The predicted molar refractivity (Wildman–Crippen MR) is 89.8 cm³/mol. The van der Waals surface area contributed by atoms with Crippen molar-refractivity contribution >= 4 is 17.4 Å². The molecule has 3 rings (SSSR count). The van der Waals surface area contributed by atoms with E-state index in [1.165, 1.54) is 24.3 Å². The summed E-state index contributed by atoms with van der Waals surface area (Å²) in [5.41, 5.74) is 1.21. The van der Waals surface area contributed by atoms with Crippen LogP contribution in [0.5, 0.6) is 5.75 Å². The van der Waals surface area contributed by atoms with Crippen LogP contribution in [0.3, 0.4) is 0 Å². The number of aromatic nitrogens is 2. The maximum absolute atomic E-state index is 12.3. The Kier molecular flexibility index (Phi) is 5.03. The number of hydrogen-bond acceptors (Lipinski definition) is 4. The number of benzene rings is 1. The van der Waals surface area contributed by atoms with Crippen molar-refractivity contribution in [2.24, 2.45) is 0 Å². The molecule has 0 unspecified atom stereocenters. The topological polar surface area (TPSA) is 47.0 Å². The van der Waals surface area contributed by atoms with Crippen molar-refractivity contribution in [3.63, 3.8) is 0 Å². The standard InChI is InChI=1S/C17H17ClF3N3O/c1-10-22-15(18)14(16(23-10)24-12-4-2-3-5-12)11-6-8-13(9-7-11)25-17(19,20)21/h6-9,12H,2-5H2,1H3,(H,22,23,24). The van der Waals surface area contributed by atoms with Gasteiger partial charge in [-0.3, -0.25) is 0 Å². The third kappa shape index (κ3) is 4.54. The van der Waals surface area contributed by atoms with Crippen molar-refractivity contribution in [1.29, 1.82) is 0 Å². The highest BCUT2D eigenvalue weighted by Gasteiger charge is 2.31. The molecule has 1 aliphatic carbocycles. The summed E-state index contributed by atoms with van der Waals surface area (Å²) in [4.78, 5) is 8.61. The van der Waals surface area contributed by atoms with Crippen LogP contribution in [0.15, 0.2) is 24.3 Å². The Balaban J connectivity index is 1.92. The number of hydrogen-bond donors (Lipinski definition) is 1. The Bertz CT molecular complexity index is 744. The van der Waals surface area contributed by atoms with Gasteiger partial charge in [-0.05, 0) is 37.5 Å². The number of anilines is 1. The van der Waals surface area contributed by atoms with Crippen LogP contribution in [-0.2, 0) is 0 Å². The van der Waals surface area contributed by atoms with Crippen LogP contribution < -0.4 is 10.1 Å². The lowest BCUT2D eigenvalue weighted by molar-refractivity contribution is -0.274. The van der Waals surface area contributed by atoms with E-state index in [2.05, 4.69) is 20.0 Å². The largest absolute Gasteiger partial charge is 0.573 e. The van der Waals surface area contributed by atoms with Crippen LogP contribution >= 0.6 is 11.6 Å². The van der Waals surface area contributed by atoms with Gasteiger partial charge in [0, 0.05) is 6.04 Å². The number of nitrogens with one attached hydrogen (secondary N) is 1. The quantitative estimate of drug-likeness (QED) is 0.735. The highest BCUT2D eigenvalue weighted by molar-refractivity contribution is 6.32. The monoisotopic (exact) mass is 371 g/mol. The van der Waals surface area contributed by atoms with Gasteiger partial charge in [0.05, 0.1) is 5.56 Å². The molecule has 1 fully saturated rings. The van der Waals surface area contributed by atoms with E-state index < -0.39 is 6.36 Å². The Morgan fingerprint density at radius 1 is 1.12 bits per heavy atom. The van der Waals surface area contributed by atoms with Crippen LogP contribution in [0.4, 0.5) is 19.0 Å². The van der Waals surface area contributed by atoms with E-state index in [0.29, 0.717) is 28.8 Å². The second-order valence-corrected chi connectivity index (χ2v) is 6.34. The van der Waals surface area contributed by atoms with Crippen LogP contribution in [-0.4, -0.2) is 22.4 Å². The fourth-order valence-corrected chi connectivity index (χ4v) is 3.31. The number of alkyl halides is 3. The first kappa shape index (κ1) is 17.8. The molecular formula is C17H17ClF3N3O. The lowest BCUT2D eigenvalue weighted by atomic mass is 10.1. The number of ether oxygens (including phenoxy) is 1. The van der Waals surface area contributed by atoms with Crippen molar-refractivity contribution in [3.8, 4) is 16.9 Å². The molecular weight excluding hydrogens is 355 g/mol. The van der Waals surface area contributed by atoms with Crippen molar-refractivity contribution in [1.82, 2.24) is 9.97 Å². The highest BCUT2D eigenvalue weighted by Crippen LogP contribution is 2.35. The zero-order chi connectivity index (χ0) is 18.0. The molecule has 1 heterocycles. The SMILES string of the molecule is Cc1nc(Cl)c(-c2ccc(OC(F)(F)F)cc2)c(NC2CCCC2)n1. The zero-order valence-electron chi connectivity index (χ0n) is 13.5. The van der Waals surface area contributed by atoms with Gasteiger partial charge < -0.3 is 10.1 Å². The molecule has 0 bridgehead atoms. The predicted octanol–water partition coefficient (Wildman–Crippen LogP) is 5.36. The number of rotatable bonds is 4. The molecule has 134 valence electrons. The summed E-state index contributed by atoms with van der Waals surface area (Å²) >= 11 is 6.30. The molecule has 1 aromatic heterocycles. The van der Waals surface area contributed by atoms with Gasteiger partial charge >= 0.3 is 6.36 Å². The second-order valence-electron chi connectivity index (χ2n) is 5.98. The van der Waals surface area contributed by atoms with E-state index in [-0.39, 0.29) is 10.9 Å². The molecule has 0 radical (unpaired) electrons. The van der Waals surface area contributed by atoms with Crippen LogP contribution in [0, 0.1) is 6.92 Å². The van der Waals surface area contributed by atoms with Crippen LogP contribution in [0.2, 0.25) is 5.15 Å². The van der Waals surface area contributed by atoms with Crippen LogP contribution in [0.25, 0.3) is 11.1 Å². The van der Waals surface area contributed by atoms with Crippen molar-refractivity contribution < 1.29 is 17.9 Å². The van der Waals surface area contributed by atoms with E-state index in [1.807, 2.05) is 0 Å². The first-order chi connectivity index (χ1) is 11.8. The minimum Gasteiger partial charge on any atom is -0.406 e.